The first kappa shape index (κ1) is 17.5. The SMILES string of the molecule is CCOc1ccc(C(=O)N=C(N)c2ccncc2C)cc1OCC. The van der Waals surface area contributed by atoms with Crippen LogP contribution in [0, 0.1) is 6.92 Å². The quantitative estimate of drug-likeness (QED) is 0.651. The molecule has 0 aliphatic rings. The fourth-order valence-corrected chi connectivity index (χ4v) is 2.18. The highest BCUT2D eigenvalue weighted by molar-refractivity contribution is 6.09. The zero-order valence-electron chi connectivity index (χ0n) is 14.1. The van der Waals surface area contributed by atoms with Crippen LogP contribution in [0.15, 0.2) is 41.7 Å². The van der Waals surface area contributed by atoms with Crippen molar-refractivity contribution in [1.29, 1.82) is 0 Å². The molecule has 0 fully saturated rings. The van der Waals surface area contributed by atoms with Crippen LogP contribution in [0.25, 0.3) is 0 Å². The first-order chi connectivity index (χ1) is 11.6. The minimum atomic E-state index is -0.437. The lowest BCUT2D eigenvalue weighted by molar-refractivity contribution is 0.100. The van der Waals surface area contributed by atoms with Crippen LogP contribution in [0.1, 0.15) is 35.3 Å². The lowest BCUT2D eigenvalue weighted by Crippen LogP contribution is -2.17. The predicted molar refractivity (Wildman–Crippen MR) is 92.8 cm³/mol. The van der Waals surface area contributed by atoms with Crippen molar-refractivity contribution < 1.29 is 14.3 Å². The summed E-state index contributed by atoms with van der Waals surface area (Å²) in [6.45, 7) is 6.60. The number of rotatable bonds is 6. The molecule has 126 valence electrons. The van der Waals surface area contributed by atoms with Crippen molar-refractivity contribution in [1.82, 2.24) is 4.98 Å². The molecule has 2 rings (SSSR count). The number of nitrogens with zero attached hydrogens (tertiary/aromatic N) is 2. The molecule has 0 spiro atoms. The van der Waals surface area contributed by atoms with E-state index in [1.165, 1.54) is 0 Å². The molecule has 1 aromatic carbocycles. The van der Waals surface area contributed by atoms with E-state index in [4.69, 9.17) is 15.2 Å². The van der Waals surface area contributed by atoms with E-state index in [1.807, 2.05) is 20.8 Å². The van der Waals surface area contributed by atoms with Crippen LogP contribution in [0.4, 0.5) is 0 Å². The number of aryl methyl sites for hydroxylation is 1. The van der Waals surface area contributed by atoms with Crippen molar-refractivity contribution in [2.24, 2.45) is 10.7 Å². The van der Waals surface area contributed by atoms with Crippen molar-refractivity contribution in [3.63, 3.8) is 0 Å². The summed E-state index contributed by atoms with van der Waals surface area (Å²) in [5.41, 5.74) is 7.88. The van der Waals surface area contributed by atoms with Gasteiger partial charge < -0.3 is 15.2 Å². The molecule has 1 aromatic heterocycles. The number of nitrogens with two attached hydrogens (primary N) is 1. The molecule has 0 unspecified atom stereocenters. The van der Waals surface area contributed by atoms with Gasteiger partial charge in [0.25, 0.3) is 5.91 Å². The number of benzene rings is 1. The van der Waals surface area contributed by atoms with Gasteiger partial charge >= 0.3 is 0 Å². The first-order valence-electron chi connectivity index (χ1n) is 7.75. The van der Waals surface area contributed by atoms with Crippen LogP contribution >= 0.6 is 0 Å². The summed E-state index contributed by atoms with van der Waals surface area (Å²) in [7, 11) is 0. The maximum atomic E-state index is 12.4. The first-order valence-corrected chi connectivity index (χ1v) is 7.75. The highest BCUT2D eigenvalue weighted by Gasteiger charge is 2.12. The molecule has 2 N–H and O–H groups in total. The van der Waals surface area contributed by atoms with Gasteiger partial charge in [0.2, 0.25) is 0 Å². The van der Waals surface area contributed by atoms with Gasteiger partial charge in [0.1, 0.15) is 5.84 Å². The average molecular weight is 327 g/mol. The summed E-state index contributed by atoms with van der Waals surface area (Å²) in [6.07, 6.45) is 3.28. The number of pyridine rings is 1. The Hall–Kier alpha value is -2.89. The molecule has 1 amide bonds. The van der Waals surface area contributed by atoms with Crippen molar-refractivity contribution in [2.45, 2.75) is 20.8 Å². The van der Waals surface area contributed by atoms with Crippen LogP contribution in [-0.4, -0.2) is 29.9 Å². The summed E-state index contributed by atoms with van der Waals surface area (Å²) in [5, 5.41) is 0. The van der Waals surface area contributed by atoms with Crippen molar-refractivity contribution >= 4 is 11.7 Å². The van der Waals surface area contributed by atoms with Gasteiger partial charge in [-0.2, -0.15) is 4.99 Å². The van der Waals surface area contributed by atoms with Gasteiger partial charge in [0, 0.05) is 23.5 Å². The average Bonchev–Trinajstić information content (AvgIpc) is 2.57. The Kier molecular flexibility index (Phi) is 5.89. The molecule has 24 heavy (non-hydrogen) atoms. The maximum absolute atomic E-state index is 12.4. The molecule has 2 aromatic rings. The maximum Gasteiger partial charge on any atom is 0.279 e. The zero-order valence-corrected chi connectivity index (χ0v) is 14.1. The summed E-state index contributed by atoms with van der Waals surface area (Å²) in [6, 6.07) is 6.69. The number of carbonyl (C=O) groups is 1. The largest absolute Gasteiger partial charge is 0.490 e. The van der Waals surface area contributed by atoms with E-state index in [0.29, 0.717) is 35.8 Å². The number of amidine groups is 1. The van der Waals surface area contributed by atoms with Crippen LogP contribution in [0.2, 0.25) is 0 Å². The molecule has 0 aliphatic carbocycles. The highest BCUT2D eigenvalue weighted by Crippen LogP contribution is 2.28. The van der Waals surface area contributed by atoms with E-state index in [9.17, 15) is 4.79 Å². The van der Waals surface area contributed by atoms with Gasteiger partial charge in [0.15, 0.2) is 11.5 Å². The van der Waals surface area contributed by atoms with E-state index < -0.39 is 5.91 Å². The normalized spacial score (nSPS) is 11.2. The molecule has 0 bridgehead atoms. The molecule has 0 radical (unpaired) electrons. The Balaban J connectivity index is 2.30. The lowest BCUT2D eigenvalue weighted by Gasteiger charge is -2.11. The Morgan fingerprint density at radius 1 is 1.17 bits per heavy atom. The number of hydrogen-bond donors (Lipinski definition) is 1. The van der Waals surface area contributed by atoms with Gasteiger partial charge in [-0.25, -0.2) is 0 Å². The molecule has 6 nitrogen and oxygen atoms in total. The number of carbonyl (C=O) groups excluding carboxylic acids is 1. The second kappa shape index (κ2) is 8.10. The summed E-state index contributed by atoms with van der Waals surface area (Å²) in [5.74, 6) is 0.830. The molecular weight excluding hydrogens is 306 g/mol. The number of aliphatic imine (C=N–C) groups is 1. The van der Waals surface area contributed by atoms with Gasteiger partial charge in [-0.15, -0.1) is 0 Å². The standard InChI is InChI=1S/C18H21N3O3/c1-4-23-15-7-6-13(10-16(15)24-5-2)18(22)21-17(19)14-8-9-20-11-12(14)3/h6-11H,4-5H2,1-3H3,(H2,19,21,22). The summed E-state index contributed by atoms with van der Waals surface area (Å²) in [4.78, 5) is 20.4. The number of ether oxygens (including phenoxy) is 2. The van der Waals surface area contributed by atoms with Crippen molar-refractivity contribution in [2.75, 3.05) is 13.2 Å². The minimum absolute atomic E-state index is 0.159. The monoisotopic (exact) mass is 327 g/mol. The smallest absolute Gasteiger partial charge is 0.279 e. The Morgan fingerprint density at radius 2 is 1.88 bits per heavy atom. The fraction of sp³-hybridized carbons (Fsp3) is 0.278. The Morgan fingerprint density at radius 3 is 2.54 bits per heavy atom. The van der Waals surface area contributed by atoms with Gasteiger partial charge in [-0.3, -0.25) is 9.78 Å². The van der Waals surface area contributed by atoms with Crippen LogP contribution in [0.5, 0.6) is 11.5 Å². The lowest BCUT2D eigenvalue weighted by atomic mass is 10.1. The van der Waals surface area contributed by atoms with E-state index in [2.05, 4.69) is 9.98 Å². The topological polar surface area (TPSA) is 86.8 Å². The van der Waals surface area contributed by atoms with Crippen LogP contribution in [0.3, 0.4) is 0 Å². The van der Waals surface area contributed by atoms with Crippen LogP contribution < -0.4 is 15.2 Å². The number of aromatic nitrogens is 1. The summed E-state index contributed by atoms with van der Waals surface area (Å²) >= 11 is 0. The third-order valence-corrected chi connectivity index (χ3v) is 3.31. The van der Waals surface area contributed by atoms with Gasteiger partial charge in [-0.1, -0.05) is 0 Å². The van der Waals surface area contributed by atoms with Gasteiger partial charge in [-0.05, 0) is 50.6 Å². The molecule has 0 atom stereocenters. The number of hydrogen-bond acceptors (Lipinski definition) is 4. The predicted octanol–water partition coefficient (Wildman–Crippen LogP) is 2.73. The number of amides is 1. The fourth-order valence-electron chi connectivity index (χ4n) is 2.18. The van der Waals surface area contributed by atoms with E-state index in [-0.39, 0.29) is 5.84 Å². The minimum Gasteiger partial charge on any atom is -0.490 e. The summed E-state index contributed by atoms with van der Waals surface area (Å²) < 4.78 is 11.0. The molecule has 1 heterocycles. The van der Waals surface area contributed by atoms with E-state index in [1.54, 1.807) is 36.7 Å². The van der Waals surface area contributed by atoms with Crippen molar-refractivity contribution in [3.8, 4) is 11.5 Å². The second-order valence-corrected chi connectivity index (χ2v) is 5.02. The van der Waals surface area contributed by atoms with E-state index >= 15 is 0 Å². The van der Waals surface area contributed by atoms with Gasteiger partial charge in [0.05, 0.1) is 13.2 Å². The molecule has 0 saturated carbocycles. The van der Waals surface area contributed by atoms with Crippen molar-refractivity contribution in [3.05, 3.63) is 53.3 Å². The molecular formula is C18H21N3O3. The molecule has 0 aliphatic heterocycles. The second-order valence-electron chi connectivity index (χ2n) is 5.02. The molecule has 0 saturated heterocycles. The molecule has 6 heteroatoms. The van der Waals surface area contributed by atoms with E-state index in [0.717, 1.165) is 5.56 Å². The highest BCUT2D eigenvalue weighted by atomic mass is 16.5. The Bertz CT molecular complexity index is 757. The zero-order chi connectivity index (χ0) is 17.5. The Labute approximate surface area is 141 Å². The third-order valence-electron chi connectivity index (χ3n) is 3.31. The van der Waals surface area contributed by atoms with Crippen LogP contribution in [-0.2, 0) is 0 Å². The third kappa shape index (κ3) is 4.10.